The van der Waals surface area contributed by atoms with Gasteiger partial charge in [-0.3, -0.25) is 10.1 Å². The molecule has 1 aromatic heterocycles. The molecule has 0 unspecified atom stereocenters. The van der Waals surface area contributed by atoms with Crippen molar-refractivity contribution in [1.82, 2.24) is 4.98 Å². The van der Waals surface area contributed by atoms with Crippen LogP contribution in [-0.4, -0.2) is 27.4 Å². The summed E-state index contributed by atoms with van der Waals surface area (Å²) in [7, 11) is 0. The molecule has 1 heterocycles. The van der Waals surface area contributed by atoms with Crippen molar-refractivity contribution in [2.24, 2.45) is 0 Å². The lowest BCUT2D eigenvalue weighted by molar-refractivity contribution is 0.102. The number of ether oxygens (including phenoxy) is 1. The van der Waals surface area contributed by atoms with Crippen molar-refractivity contribution >= 4 is 58.3 Å². The number of rotatable bonds is 4. The highest BCUT2D eigenvalue weighted by atomic mass is 35.6. The van der Waals surface area contributed by atoms with E-state index in [9.17, 15) is 9.59 Å². The van der Waals surface area contributed by atoms with E-state index in [4.69, 9.17) is 39.5 Å². The normalized spacial score (nSPS) is 10.8. The zero-order valence-electron chi connectivity index (χ0n) is 12.1. The quantitative estimate of drug-likeness (QED) is 0.767. The highest BCUT2D eigenvalue weighted by Crippen LogP contribution is 2.26. The van der Waals surface area contributed by atoms with Crippen LogP contribution in [0.1, 0.15) is 10.5 Å². The molecule has 2 aromatic rings. The van der Waals surface area contributed by atoms with E-state index >= 15 is 0 Å². The number of carbonyl (C=O) groups is 2. The van der Waals surface area contributed by atoms with Crippen molar-refractivity contribution < 1.29 is 14.3 Å². The third kappa shape index (κ3) is 6.23. The average Bonchev–Trinajstić information content (AvgIpc) is 2.53. The predicted molar refractivity (Wildman–Crippen MR) is 93.9 cm³/mol. The summed E-state index contributed by atoms with van der Waals surface area (Å²) in [5, 5.41) is 5.03. The number of hydrogen-bond donors (Lipinski definition) is 2. The van der Waals surface area contributed by atoms with Crippen molar-refractivity contribution in [2.45, 2.75) is 3.79 Å². The van der Waals surface area contributed by atoms with Gasteiger partial charge in [0.15, 0.2) is 0 Å². The van der Waals surface area contributed by atoms with E-state index in [2.05, 4.69) is 15.6 Å². The fourth-order valence-corrected chi connectivity index (χ4v) is 1.80. The molecule has 0 saturated heterocycles. The first-order valence-corrected chi connectivity index (χ1v) is 7.81. The molecular weight excluding hydrogens is 377 g/mol. The number of halogens is 3. The second-order valence-corrected chi connectivity index (χ2v) is 7.06. The number of hydrogen-bond acceptors (Lipinski definition) is 4. The first-order valence-electron chi connectivity index (χ1n) is 6.67. The molecule has 6 nitrogen and oxygen atoms in total. The highest BCUT2D eigenvalue weighted by molar-refractivity contribution is 6.67. The van der Waals surface area contributed by atoms with Crippen LogP contribution in [0.4, 0.5) is 16.3 Å². The minimum absolute atomic E-state index is 0.123. The van der Waals surface area contributed by atoms with E-state index < -0.39 is 22.4 Å². The number of amides is 2. The number of aromatic nitrogens is 1. The van der Waals surface area contributed by atoms with Gasteiger partial charge in [-0.25, -0.2) is 9.78 Å². The molecule has 0 fully saturated rings. The molecule has 0 atom stereocenters. The Morgan fingerprint density at radius 1 is 1.00 bits per heavy atom. The van der Waals surface area contributed by atoms with Crippen LogP contribution in [0.15, 0.2) is 48.5 Å². The lowest BCUT2D eigenvalue weighted by Gasteiger charge is -2.12. The molecule has 2 N–H and O–H groups in total. The van der Waals surface area contributed by atoms with Gasteiger partial charge in [0, 0.05) is 5.69 Å². The summed E-state index contributed by atoms with van der Waals surface area (Å²) in [5.41, 5.74) is 0.753. The van der Waals surface area contributed by atoms with Crippen molar-refractivity contribution in [3.8, 4) is 0 Å². The maximum absolute atomic E-state index is 12.1. The van der Waals surface area contributed by atoms with Crippen LogP contribution < -0.4 is 10.6 Å². The lowest BCUT2D eigenvalue weighted by atomic mass is 10.3. The molecule has 0 saturated carbocycles. The van der Waals surface area contributed by atoms with Crippen LogP contribution in [0, 0.1) is 0 Å². The van der Waals surface area contributed by atoms with Gasteiger partial charge in [0.25, 0.3) is 5.91 Å². The topological polar surface area (TPSA) is 80.3 Å². The fraction of sp³-hybridized carbons (Fsp3) is 0.133. The van der Waals surface area contributed by atoms with Crippen LogP contribution in [-0.2, 0) is 4.74 Å². The number of pyridine rings is 1. The van der Waals surface area contributed by atoms with E-state index in [0.717, 1.165) is 0 Å². The van der Waals surface area contributed by atoms with Gasteiger partial charge in [-0.2, -0.15) is 0 Å². The lowest BCUT2D eigenvalue weighted by Crippen LogP contribution is -2.22. The number of anilines is 2. The van der Waals surface area contributed by atoms with Gasteiger partial charge in [-0.05, 0) is 24.3 Å². The smallest absolute Gasteiger partial charge is 0.412 e. The van der Waals surface area contributed by atoms with E-state index in [1.54, 1.807) is 30.3 Å². The molecule has 0 bridgehead atoms. The summed E-state index contributed by atoms with van der Waals surface area (Å²) >= 11 is 16.4. The third-order valence-electron chi connectivity index (χ3n) is 2.61. The molecule has 0 spiro atoms. The SMILES string of the molecule is O=C(Nc1cccc(C(=O)Nc2ccccc2)n1)OCC(Cl)(Cl)Cl. The Morgan fingerprint density at radius 2 is 1.71 bits per heavy atom. The average molecular weight is 389 g/mol. The van der Waals surface area contributed by atoms with Crippen LogP contribution in [0.5, 0.6) is 0 Å². The van der Waals surface area contributed by atoms with E-state index in [-0.39, 0.29) is 11.5 Å². The molecular formula is C15H12Cl3N3O3. The van der Waals surface area contributed by atoms with Crippen LogP contribution >= 0.6 is 34.8 Å². The predicted octanol–water partition coefficient (Wildman–Crippen LogP) is 4.25. The first-order chi connectivity index (χ1) is 11.3. The Kier molecular flexibility index (Phi) is 6.25. The van der Waals surface area contributed by atoms with E-state index in [0.29, 0.717) is 5.69 Å². The third-order valence-corrected chi connectivity index (χ3v) is 2.94. The van der Waals surface area contributed by atoms with Gasteiger partial charge < -0.3 is 10.1 Å². The second kappa shape index (κ2) is 8.19. The summed E-state index contributed by atoms with van der Waals surface area (Å²) < 4.78 is 3.01. The summed E-state index contributed by atoms with van der Waals surface area (Å²) in [6.07, 6.45) is -0.852. The number of alkyl halides is 3. The molecule has 126 valence electrons. The minimum Gasteiger partial charge on any atom is -0.445 e. The molecule has 2 amide bonds. The Labute approximate surface area is 153 Å². The minimum atomic E-state index is -1.71. The molecule has 9 heteroatoms. The first kappa shape index (κ1) is 18.3. The van der Waals surface area contributed by atoms with Gasteiger partial charge in [-0.15, -0.1) is 0 Å². The largest absolute Gasteiger partial charge is 0.445 e. The Bertz CT molecular complexity index is 721. The number of nitrogens with zero attached hydrogens (tertiary/aromatic N) is 1. The van der Waals surface area contributed by atoms with Crippen molar-refractivity contribution in [2.75, 3.05) is 17.2 Å². The van der Waals surface area contributed by atoms with Gasteiger partial charge in [0.2, 0.25) is 3.79 Å². The summed E-state index contributed by atoms with van der Waals surface area (Å²) in [4.78, 5) is 27.8. The van der Waals surface area contributed by atoms with Gasteiger partial charge >= 0.3 is 6.09 Å². The molecule has 1 aromatic carbocycles. The maximum Gasteiger partial charge on any atom is 0.412 e. The maximum atomic E-state index is 12.1. The van der Waals surface area contributed by atoms with Crippen molar-refractivity contribution in [3.63, 3.8) is 0 Å². The number of nitrogens with one attached hydrogen (secondary N) is 2. The molecule has 0 aliphatic rings. The molecule has 0 aliphatic heterocycles. The second-order valence-electron chi connectivity index (χ2n) is 4.54. The number of para-hydroxylation sites is 1. The van der Waals surface area contributed by atoms with E-state index in [1.165, 1.54) is 12.1 Å². The number of carbonyl (C=O) groups excluding carboxylic acids is 2. The molecule has 0 radical (unpaired) electrons. The zero-order chi connectivity index (χ0) is 17.6. The van der Waals surface area contributed by atoms with Crippen LogP contribution in [0.3, 0.4) is 0 Å². The van der Waals surface area contributed by atoms with E-state index in [1.807, 2.05) is 6.07 Å². The van der Waals surface area contributed by atoms with Gasteiger partial charge in [0.1, 0.15) is 18.1 Å². The molecule has 0 aliphatic carbocycles. The number of benzene rings is 1. The summed E-state index contributed by atoms with van der Waals surface area (Å²) in [5.74, 6) is -0.287. The molecule has 2 rings (SSSR count). The Morgan fingerprint density at radius 3 is 2.38 bits per heavy atom. The Balaban J connectivity index is 1.98. The van der Waals surface area contributed by atoms with Gasteiger partial charge in [0.05, 0.1) is 0 Å². The van der Waals surface area contributed by atoms with Crippen molar-refractivity contribution in [3.05, 3.63) is 54.2 Å². The monoisotopic (exact) mass is 387 g/mol. The highest BCUT2D eigenvalue weighted by Gasteiger charge is 2.22. The molecule has 24 heavy (non-hydrogen) atoms. The Hall–Kier alpha value is -2.02. The summed E-state index contributed by atoms with van der Waals surface area (Å²) in [6.45, 7) is -0.419. The summed E-state index contributed by atoms with van der Waals surface area (Å²) in [6, 6.07) is 13.5. The van der Waals surface area contributed by atoms with Gasteiger partial charge in [-0.1, -0.05) is 59.1 Å². The van der Waals surface area contributed by atoms with Crippen LogP contribution in [0.2, 0.25) is 0 Å². The van der Waals surface area contributed by atoms with Crippen LogP contribution in [0.25, 0.3) is 0 Å². The zero-order valence-corrected chi connectivity index (χ0v) is 14.4. The van der Waals surface area contributed by atoms with Crippen molar-refractivity contribution in [1.29, 1.82) is 0 Å². The standard InChI is InChI=1S/C15H12Cl3N3O3/c16-15(17,18)9-24-14(23)21-12-8-4-7-11(20-12)13(22)19-10-5-2-1-3-6-10/h1-8H,9H2,(H,19,22)(H,20,21,23). The fourth-order valence-electron chi connectivity index (χ4n) is 1.64.